The highest BCUT2D eigenvalue weighted by atomic mass is 35.5. The lowest BCUT2D eigenvalue weighted by Crippen LogP contribution is -2.21. The number of fused-ring (bicyclic) bond motifs is 1. The Morgan fingerprint density at radius 2 is 2.00 bits per heavy atom. The van der Waals surface area contributed by atoms with Crippen LogP contribution in [0.4, 0.5) is 5.69 Å². The molecule has 3 nitrogen and oxygen atoms in total. The lowest BCUT2D eigenvalue weighted by atomic mass is 9.88. The number of nitrogens with one attached hydrogen (secondary N) is 1. The Labute approximate surface area is 105 Å². The first kappa shape index (κ1) is 12.0. The summed E-state index contributed by atoms with van der Waals surface area (Å²) in [6, 6.07) is 5.36. The smallest absolute Gasteiger partial charge is 0.186 e. The molecule has 0 aliphatic carbocycles. The quantitative estimate of drug-likeness (QED) is 0.760. The molecule has 3 N–H and O–H groups in total. The zero-order chi connectivity index (χ0) is 12.8. The molecule has 0 aliphatic heterocycles. The number of ketones is 1. The van der Waals surface area contributed by atoms with Crippen molar-refractivity contribution in [3.05, 3.63) is 28.9 Å². The molecule has 1 aromatic heterocycles. The Kier molecular flexibility index (Phi) is 2.66. The number of benzene rings is 1. The SMILES string of the molecule is CC(C)(C)C(=O)c1[nH]c2cc(Cl)ccc2c1N. The van der Waals surface area contributed by atoms with Crippen molar-refractivity contribution >= 4 is 34.0 Å². The van der Waals surface area contributed by atoms with E-state index in [4.69, 9.17) is 17.3 Å². The van der Waals surface area contributed by atoms with Gasteiger partial charge in [0.15, 0.2) is 5.78 Å². The van der Waals surface area contributed by atoms with Crippen LogP contribution in [0.25, 0.3) is 10.9 Å². The van der Waals surface area contributed by atoms with Gasteiger partial charge in [0, 0.05) is 21.3 Å². The fourth-order valence-corrected chi connectivity index (χ4v) is 1.92. The molecule has 2 aromatic rings. The number of hydrogen-bond donors (Lipinski definition) is 2. The molecule has 0 atom stereocenters. The van der Waals surface area contributed by atoms with Gasteiger partial charge in [-0.15, -0.1) is 0 Å². The molecular formula is C13H15ClN2O. The standard InChI is InChI=1S/C13H15ClN2O/c1-13(2,3)12(17)11-10(15)8-5-4-7(14)6-9(8)16-11/h4-6,16H,15H2,1-3H3. The van der Waals surface area contributed by atoms with Crippen LogP contribution in [0.3, 0.4) is 0 Å². The predicted molar refractivity (Wildman–Crippen MR) is 71.5 cm³/mol. The van der Waals surface area contributed by atoms with Gasteiger partial charge in [-0.3, -0.25) is 4.79 Å². The summed E-state index contributed by atoms with van der Waals surface area (Å²) in [5.74, 6) is 0.00215. The van der Waals surface area contributed by atoms with Gasteiger partial charge in [0.1, 0.15) is 5.69 Å². The second kappa shape index (κ2) is 3.77. The molecule has 0 fully saturated rings. The molecule has 90 valence electrons. The van der Waals surface area contributed by atoms with E-state index in [9.17, 15) is 4.79 Å². The number of aromatic nitrogens is 1. The van der Waals surface area contributed by atoms with Gasteiger partial charge in [0.25, 0.3) is 0 Å². The van der Waals surface area contributed by atoms with Crippen molar-refractivity contribution in [1.82, 2.24) is 4.98 Å². The van der Waals surface area contributed by atoms with Gasteiger partial charge in [-0.05, 0) is 18.2 Å². The van der Waals surface area contributed by atoms with Crippen molar-refractivity contribution in [2.45, 2.75) is 20.8 Å². The third kappa shape index (κ3) is 2.03. The van der Waals surface area contributed by atoms with E-state index in [-0.39, 0.29) is 5.78 Å². The predicted octanol–water partition coefficient (Wildman–Crippen LogP) is 3.63. The molecular weight excluding hydrogens is 236 g/mol. The van der Waals surface area contributed by atoms with Gasteiger partial charge in [0.2, 0.25) is 0 Å². The number of Topliss-reactive ketones (excluding diaryl/α,β-unsaturated/α-hetero) is 1. The number of halogens is 1. The van der Waals surface area contributed by atoms with E-state index >= 15 is 0 Å². The summed E-state index contributed by atoms with van der Waals surface area (Å²) in [6.45, 7) is 5.60. The number of rotatable bonds is 1. The number of carbonyl (C=O) groups excluding carboxylic acids is 1. The van der Waals surface area contributed by atoms with E-state index in [2.05, 4.69) is 4.98 Å². The molecule has 0 bridgehead atoms. The summed E-state index contributed by atoms with van der Waals surface area (Å²) in [5.41, 5.74) is 7.29. The Bertz CT molecular complexity index is 593. The first-order chi connectivity index (χ1) is 7.80. The molecule has 0 unspecified atom stereocenters. The van der Waals surface area contributed by atoms with Crippen LogP contribution in [0, 0.1) is 5.41 Å². The van der Waals surface area contributed by atoms with Gasteiger partial charge in [-0.1, -0.05) is 32.4 Å². The van der Waals surface area contributed by atoms with Crippen molar-refractivity contribution in [3.63, 3.8) is 0 Å². The Morgan fingerprint density at radius 1 is 1.35 bits per heavy atom. The lowest BCUT2D eigenvalue weighted by molar-refractivity contribution is 0.0855. The number of nitrogens with two attached hydrogens (primary N) is 1. The molecule has 2 rings (SSSR count). The summed E-state index contributed by atoms with van der Waals surface area (Å²) >= 11 is 5.90. The van der Waals surface area contributed by atoms with Gasteiger partial charge in [0.05, 0.1) is 5.69 Å². The number of carbonyl (C=O) groups is 1. The average molecular weight is 251 g/mol. The van der Waals surface area contributed by atoms with Crippen LogP contribution in [0.5, 0.6) is 0 Å². The second-order valence-electron chi connectivity index (χ2n) is 5.18. The number of aromatic amines is 1. The van der Waals surface area contributed by atoms with Crippen LogP contribution in [-0.2, 0) is 0 Å². The monoisotopic (exact) mass is 250 g/mol. The van der Waals surface area contributed by atoms with Gasteiger partial charge >= 0.3 is 0 Å². The summed E-state index contributed by atoms with van der Waals surface area (Å²) in [7, 11) is 0. The summed E-state index contributed by atoms with van der Waals surface area (Å²) in [5, 5.41) is 1.45. The van der Waals surface area contributed by atoms with Crippen LogP contribution in [-0.4, -0.2) is 10.8 Å². The van der Waals surface area contributed by atoms with E-state index in [1.807, 2.05) is 26.8 Å². The van der Waals surface area contributed by atoms with Crippen molar-refractivity contribution in [1.29, 1.82) is 0 Å². The largest absolute Gasteiger partial charge is 0.396 e. The highest BCUT2D eigenvalue weighted by molar-refractivity contribution is 6.31. The van der Waals surface area contributed by atoms with Crippen molar-refractivity contribution < 1.29 is 4.79 Å². The number of hydrogen-bond acceptors (Lipinski definition) is 2. The zero-order valence-corrected chi connectivity index (χ0v) is 10.9. The number of nitrogen functional groups attached to an aromatic ring is 1. The molecule has 0 aliphatic rings. The first-order valence-electron chi connectivity index (χ1n) is 5.42. The molecule has 0 spiro atoms. The van der Waals surface area contributed by atoms with E-state index in [1.165, 1.54) is 0 Å². The second-order valence-corrected chi connectivity index (χ2v) is 5.62. The molecule has 0 saturated carbocycles. The number of H-pyrrole nitrogens is 1. The highest BCUT2D eigenvalue weighted by Gasteiger charge is 2.27. The minimum absolute atomic E-state index is 0.00215. The lowest BCUT2D eigenvalue weighted by Gasteiger charge is -2.15. The minimum atomic E-state index is -0.460. The zero-order valence-electron chi connectivity index (χ0n) is 10.1. The topological polar surface area (TPSA) is 58.9 Å². The summed E-state index contributed by atoms with van der Waals surface area (Å²) in [6.07, 6.45) is 0. The van der Waals surface area contributed by atoms with E-state index < -0.39 is 5.41 Å². The molecule has 0 amide bonds. The third-order valence-electron chi connectivity index (χ3n) is 2.71. The normalized spacial score (nSPS) is 12.0. The first-order valence-corrected chi connectivity index (χ1v) is 5.80. The van der Waals surface area contributed by atoms with E-state index in [0.717, 1.165) is 10.9 Å². The molecule has 4 heteroatoms. The fraction of sp³-hybridized carbons (Fsp3) is 0.308. The summed E-state index contributed by atoms with van der Waals surface area (Å²) in [4.78, 5) is 15.2. The minimum Gasteiger partial charge on any atom is -0.396 e. The van der Waals surface area contributed by atoms with Crippen molar-refractivity contribution in [2.24, 2.45) is 5.41 Å². The fourth-order valence-electron chi connectivity index (χ4n) is 1.75. The maximum atomic E-state index is 12.2. The van der Waals surface area contributed by atoms with Crippen LogP contribution in [0.1, 0.15) is 31.3 Å². The molecule has 1 heterocycles. The van der Waals surface area contributed by atoms with E-state index in [1.54, 1.807) is 12.1 Å². The Hall–Kier alpha value is -1.48. The maximum Gasteiger partial charge on any atom is 0.186 e. The van der Waals surface area contributed by atoms with Gasteiger partial charge in [-0.2, -0.15) is 0 Å². The molecule has 17 heavy (non-hydrogen) atoms. The number of anilines is 1. The Balaban J connectivity index is 2.64. The molecule has 0 saturated heterocycles. The van der Waals surface area contributed by atoms with Crippen LogP contribution >= 0.6 is 11.6 Å². The van der Waals surface area contributed by atoms with Crippen LogP contribution in [0.15, 0.2) is 18.2 Å². The Morgan fingerprint density at radius 3 is 2.59 bits per heavy atom. The van der Waals surface area contributed by atoms with Crippen molar-refractivity contribution in [3.8, 4) is 0 Å². The third-order valence-corrected chi connectivity index (χ3v) is 2.94. The van der Waals surface area contributed by atoms with Crippen LogP contribution in [0.2, 0.25) is 5.02 Å². The van der Waals surface area contributed by atoms with Gasteiger partial charge in [-0.25, -0.2) is 0 Å². The average Bonchev–Trinajstić information content (AvgIpc) is 2.53. The van der Waals surface area contributed by atoms with Crippen LogP contribution < -0.4 is 5.73 Å². The maximum absolute atomic E-state index is 12.2. The highest BCUT2D eigenvalue weighted by Crippen LogP contribution is 2.31. The van der Waals surface area contributed by atoms with E-state index in [0.29, 0.717) is 16.4 Å². The van der Waals surface area contributed by atoms with Gasteiger partial charge < -0.3 is 10.7 Å². The summed E-state index contributed by atoms with van der Waals surface area (Å²) < 4.78 is 0. The molecule has 0 radical (unpaired) electrons. The van der Waals surface area contributed by atoms with Crippen molar-refractivity contribution in [2.75, 3.05) is 5.73 Å². The molecule has 1 aromatic carbocycles.